The van der Waals surface area contributed by atoms with E-state index in [4.69, 9.17) is 4.42 Å². The molecule has 1 aliphatic carbocycles. The number of fused-ring (bicyclic) bond motifs is 1. The molecule has 1 aromatic carbocycles. The van der Waals surface area contributed by atoms with Gasteiger partial charge in [-0.15, -0.1) is 0 Å². The summed E-state index contributed by atoms with van der Waals surface area (Å²) < 4.78 is 5.05. The van der Waals surface area contributed by atoms with Crippen LogP contribution in [-0.2, 0) is 17.6 Å². The zero-order chi connectivity index (χ0) is 16.9. The molecule has 126 valence electrons. The summed E-state index contributed by atoms with van der Waals surface area (Å²) in [4.78, 5) is 23.9. The van der Waals surface area contributed by atoms with E-state index in [0.29, 0.717) is 11.3 Å². The number of hydrogen-bond donors (Lipinski definition) is 3. The molecular formula is C18H20N2O4. The highest BCUT2D eigenvalue weighted by molar-refractivity contribution is 5.96. The first-order valence-corrected chi connectivity index (χ1v) is 8.01. The Balaban J connectivity index is 1.45. The van der Waals surface area contributed by atoms with E-state index in [0.717, 1.165) is 19.3 Å². The molecule has 3 N–H and O–H groups in total. The van der Waals surface area contributed by atoms with Crippen LogP contribution in [0.15, 0.2) is 41.0 Å². The SMILES string of the molecule is O=C(CNC(=O)c1ccc2c(c1)CCC2)NCC(O)c1ccco1. The van der Waals surface area contributed by atoms with E-state index >= 15 is 0 Å². The van der Waals surface area contributed by atoms with E-state index in [1.54, 1.807) is 18.2 Å². The predicted octanol–water partition coefficient (Wildman–Crippen LogP) is 1.35. The molecule has 0 saturated carbocycles. The molecule has 24 heavy (non-hydrogen) atoms. The number of furan rings is 1. The smallest absolute Gasteiger partial charge is 0.251 e. The van der Waals surface area contributed by atoms with Crippen LogP contribution >= 0.6 is 0 Å². The highest BCUT2D eigenvalue weighted by atomic mass is 16.4. The largest absolute Gasteiger partial charge is 0.467 e. The molecule has 0 spiro atoms. The molecule has 1 heterocycles. The first kappa shape index (κ1) is 16.3. The van der Waals surface area contributed by atoms with E-state index in [-0.39, 0.29) is 24.9 Å². The van der Waals surface area contributed by atoms with Crippen molar-refractivity contribution in [1.29, 1.82) is 0 Å². The Kier molecular flexibility index (Phi) is 4.96. The third-order valence-electron chi connectivity index (χ3n) is 4.13. The molecule has 3 rings (SSSR count). The van der Waals surface area contributed by atoms with Crippen molar-refractivity contribution in [3.8, 4) is 0 Å². The van der Waals surface area contributed by atoms with Crippen molar-refractivity contribution < 1.29 is 19.1 Å². The number of carbonyl (C=O) groups excluding carboxylic acids is 2. The fourth-order valence-electron chi connectivity index (χ4n) is 2.83. The normalized spacial score (nSPS) is 14.0. The summed E-state index contributed by atoms with van der Waals surface area (Å²) in [5, 5.41) is 15.0. The van der Waals surface area contributed by atoms with Gasteiger partial charge in [0.1, 0.15) is 11.9 Å². The van der Waals surface area contributed by atoms with Crippen LogP contribution in [-0.4, -0.2) is 30.0 Å². The van der Waals surface area contributed by atoms with Gasteiger partial charge in [-0.05, 0) is 54.7 Å². The van der Waals surface area contributed by atoms with Gasteiger partial charge in [-0.3, -0.25) is 9.59 Å². The second kappa shape index (κ2) is 7.31. The van der Waals surface area contributed by atoms with Crippen molar-refractivity contribution in [2.75, 3.05) is 13.1 Å². The van der Waals surface area contributed by atoms with Crippen LogP contribution < -0.4 is 10.6 Å². The summed E-state index contributed by atoms with van der Waals surface area (Å²) in [7, 11) is 0. The molecule has 1 atom stereocenters. The molecule has 0 radical (unpaired) electrons. The maximum Gasteiger partial charge on any atom is 0.251 e. The van der Waals surface area contributed by atoms with Gasteiger partial charge >= 0.3 is 0 Å². The van der Waals surface area contributed by atoms with Crippen molar-refractivity contribution in [3.05, 3.63) is 59.0 Å². The third kappa shape index (κ3) is 3.83. The van der Waals surface area contributed by atoms with Gasteiger partial charge in [-0.25, -0.2) is 0 Å². The number of amides is 2. The topological polar surface area (TPSA) is 91.6 Å². The van der Waals surface area contributed by atoms with Crippen molar-refractivity contribution in [2.24, 2.45) is 0 Å². The fraction of sp³-hybridized carbons (Fsp3) is 0.333. The first-order chi connectivity index (χ1) is 11.6. The van der Waals surface area contributed by atoms with Crippen LogP contribution in [0, 0.1) is 0 Å². The fourth-order valence-corrected chi connectivity index (χ4v) is 2.83. The number of carbonyl (C=O) groups is 2. The van der Waals surface area contributed by atoms with Gasteiger partial charge < -0.3 is 20.2 Å². The summed E-state index contributed by atoms with van der Waals surface area (Å²) in [6, 6.07) is 8.97. The standard InChI is InChI=1S/C18H20N2O4/c21-15(16-5-2-8-24-16)10-19-17(22)11-20-18(23)14-7-6-12-3-1-4-13(12)9-14/h2,5-9,15,21H,1,3-4,10-11H2,(H,19,22)(H,20,23). The number of aliphatic hydroxyl groups excluding tert-OH is 1. The van der Waals surface area contributed by atoms with Gasteiger partial charge in [0.05, 0.1) is 19.4 Å². The molecule has 6 nitrogen and oxygen atoms in total. The number of nitrogens with one attached hydrogen (secondary N) is 2. The minimum Gasteiger partial charge on any atom is -0.467 e. The van der Waals surface area contributed by atoms with Gasteiger partial charge in [-0.2, -0.15) is 0 Å². The maximum absolute atomic E-state index is 12.1. The number of rotatable bonds is 6. The highest BCUT2D eigenvalue weighted by Crippen LogP contribution is 2.22. The van der Waals surface area contributed by atoms with E-state index in [1.165, 1.54) is 17.4 Å². The van der Waals surface area contributed by atoms with Crippen LogP contribution in [0.2, 0.25) is 0 Å². The Morgan fingerprint density at radius 3 is 2.79 bits per heavy atom. The summed E-state index contributed by atoms with van der Waals surface area (Å²) in [5.41, 5.74) is 3.09. The van der Waals surface area contributed by atoms with Crippen molar-refractivity contribution in [1.82, 2.24) is 10.6 Å². The first-order valence-electron chi connectivity index (χ1n) is 8.01. The Morgan fingerprint density at radius 2 is 2.00 bits per heavy atom. The molecular weight excluding hydrogens is 308 g/mol. The molecule has 6 heteroatoms. The van der Waals surface area contributed by atoms with Crippen LogP contribution in [0.25, 0.3) is 0 Å². The molecule has 0 aliphatic heterocycles. The third-order valence-corrected chi connectivity index (χ3v) is 4.13. The number of benzene rings is 1. The second-order valence-electron chi connectivity index (χ2n) is 5.86. The molecule has 1 unspecified atom stereocenters. The van der Waals surface area contributed by atoms with Crippen molar-refractivity contribution >= 4 is 11.8 Å². The van der Waals surface area contributed by atoms with Gasteiger partial charge in [-0.1, -0.05) is 6.07 Å². The van der Waals surface area contributed by atoms with Gasteiger partial charge in [0.15, 0.2) is 0 Å². The average Bonchev–Trinajstić information content (AvgIpc) is 3.27. The predicted molar refractivity (Wildman–Crippen MR) is 87.5 cm³/mol. The minimum absolute atomic E-state index is 0.0288. The van der Waals surface area contributed by atoms with E-state index in [9.17, 15) is 14.7 Å². The lowest BCUT2D eigenvalue weighted by Crippen LogP contribution is -2.38. The molecule has 1 aromatic heterocycles. The average molecular weight is 328 g/mol. The minimum atomic E-state index is -0.906. The van der Waals surface area contributed by atoms with Crippen LogP contribution in [0.5, 0.6) is 0 Å². The van der Waals surface area contributed by atoms with Gasteiger partial charge in [0.2, 0.25) is 5.91 Å². The molecule has 2 amide bonds. The Bertz CT molecular complexity index is 725. The summed E-state index contributed by atoms with van der Waals surface area (Å²) in [6.45, 7) is -0.109. The lowest BCUT2D eigenvalue weighted by atomic mass is 10.1. The molecule has 1 aliphatic rings. The van der Waals surface area contributed by atoms with Gasteiger partial charge in [0.25, 0.3) is 5.91 Å². The molecule has 2 aromatic rings. The quantitative estimate of drug-likeness (QED) is 0.746. The van der Waals surface area contributed by atoms with Crippen LogP contribution in [0.4, 0.5) is 0 Å². The monoisotopic (exact) mass is 328 g/mol. The Hall–Kier alpha value is -2.60. The number of aliphatic hydroxyl groups is 1. The van der Waals surface area contributed by atoms with E-state index in [1.807, 2.05) is 12.1 Å². The van der Waals surface area contributed by atoms with E-state index < -0.39 is 6.10 Å². The van der Waals surface area contributed by atoms with E-state index in [2.05, 4.69) is 10.6 Å². The highest BCUT2D eigenvalue weighted by Gasteiger charge is 2.15. The van der Waals surface area contributed by atoms with Crippen molar-refractivity contribution in [3.63, 3.8) is 0 Å². The van der Waals surface area contributed by atoms with Crippen LogP contribution in [0.1, 0.15) is 39.8 Å². The lowest BCUT2D eigenvalue weighted by molar-refractivity contribution is -0.120. The van der Waals surface area contributed by atoms with Gasteiger partial charge in [0, 0.05) is 5.56 Å². The Labute approximate surface area is 139 Å². The zero-order valence-corrected chi connectivity index (χ0v) is 13.2. The second-order valence-corrected chi connectivity index (χ2v) is 5.86. The lowest BCUT2D eigenvalue weighted by Gasteiger charge is -2.10. The Morgan fingerprint density at radius 1 is 1.17 bits per heavy atom. The molecule has 0 bridgehead atoms. The van der Waals surface area contributed by atoms with Crippen LogP contribution in [0.3, 0.4) is 0 Å². The maximum atomic E-state index is 12.1. The zero-order valence-electron chi connectivity index (χ0n) is 13.2. The van der Waals surface area contributed by atoms with Crippen molar-refractivity contribution in [2.45, 2.75) is 25.4 Å². The summed E-state index contributed by atoms with van der Waals surface area (Å²) in [5.74, 6) is -0.251. The molecule has 0 fully saturated rings. The summed E-state index contributed by atoms with van der Waals surface area (Å²) in [6.07, 6.45) is 3.74. The number of aryl methyl sites for hydroxylation is 2. The molecule has 0 saturated heterocycles. The summed E-state index contributed by atoms with van der Waals surface area (Å²) >= 11 is 0. The number of hydrogen-bond acceptors (Lipinski definition) is 4.